The van der Waals surface area contributed by atoms with Gasteiger partial charge in [-0.1, -0.05) is 39.7 Å². The highest BCUT2D eigenvalue weighted by atomic mass is 16.1. The minimum absolute atomic E-state index is 0.137. The summed E-state index contributed by atoms with van der Waals surface area (Å²) in [5.74, 6) is 8.05. The molecule has 0 N–H and O–H groups in total. The van der Waals surface area contributed by atoms with E-state index in [1.165, 1.54) is 25.7 Å². The zero-order valence-electron chi connectivity index (χ0n) is 15.1. The summed E-state index contributed by atoms with van der Waals surface area (Å²) in [6, 6.07) is 0. The Hall–Kier alpha value is -1.03. The van der Waals surface area contributed by atoms with Crippen molar-refractivity contribution < 1.29 is 4.79 Å². The Bertz CT molecular complexity index is 518. The monoisotopic (exact) mass is 300 g/mol. The van der Waals surface area contributed by atoms with Crippen LogP contribution in [0.15, 0.2) is 11.6 Å². The number of carbonyl (C=O) groups is 1. The summed E-state index contributed by atoms with van der Waals surface area (Å²) in [4.78, 5) is 12.1. The van der Waals surface area contributed by atoms with Crippen LogP contribution in [-0.2, 0) is 4.79 Å². The lowest BCUT2D eigenvalue weighted by Crippen LogP contribution is -2.50. The fourth-order valence-electron chi connectivity index (χ4n) is 5.33. The molecule has 3 aliphatic carbocycles. The van der Waals surface area contributed by atoms with Crippen LogP contribution in [0.1, 0.15) is 79.6 Å². The van der Waals surface area contributed by atoms with Crippen molar-refractivity contribution >= 4 is 5.78 Å². The van der Waals surface area contributed by atoms with Gasteiger partial charge in [0, 0.05) is 12.3 Å². The second kappa shape index (κ2) is 6.61. The molecule has 0 saturated heterocycles. The third kappa shape index (κ3) is 2.55. The number of ketones is 1. The number of fused-ring (bicyclic) bond motifs is 3. The molecule has 0 heterocycles. The van der Waals surface area contributed by atoms with Gasteiger partial charge in [0.15, 0.2) is 0 Å². The Balaban J connectivity index is 0.000000847. The quantitative estimate of drug-likeness (QED) is 0.423. The molecule has 4 unspecified atom stereocenters. The normalized spacial score (nSPS) is 40.0. The van der Waals surface area contributed by atoms with Crippen molar-refractivity contribution in [1.82, 2.24) is 0 Å². The van der Waals surface area contributed by atoms with Gasteiger partial charge in [0.1, 0.15) is 5.78 Å². The van der Waals surface area contributed by atoms with Crippen LogP contribution in [0.25, 0.3) is 0 Å². The van der Waals surface area contributed by atoms with E-state index >= 15 is 0 Å². The summed E-state index contributed by atoms with van der Waals surface area (Å²) in [5, 5.41) is 0. The standard InChI is InChI=1S/C19H26O.C2H6/c1-4-10-19-11-6-5-7-17(19)18(3)12-9-16(20)14(2)15(18)8-13-19;1-2/h7,14-15H,5-6,8-9,11-13H2,1-3H3;1-2H3. The molecule has 0 radical (unpaired) electrons. The van der Waals surface area contributed by atoms with Gasteiger partial charge >= 0.3 is 0 Å². The highest BCUT2D eigenvalue weighted by Crippen LogP contribution is 2.62. The van der Waals surface area contributed by atoms with Gasteiger partial charge < -0.3 is 0 Å². The van der Waals surface area contributed by atoms with Gasteiger partial charge in [0.05, 0.1) is 5.41 Å². The molecular formula is C21H32O. The fraction of sp³-hybridized carbons (Fsp3) is 0.762. The van der Waals surface area contributed by atoms with Gasteiger partial charge in [0.2, 0.25) is 0 Å². The Morgan fingerprint density at radius 3 is 2.64 bits per heavy atom. The van der Waals surface area contributed by atoms with E-state index < -0.39 is 0 Å². The molecule has 0 aromatic rings. The third-order valence-corrected chi connectivity index (χ3v) is 6.35. The van der Waals surface area contributed by atoms with E-state index in [0.717, 1.165) is 19.3 Å². The molecule has 2 saturated carbocycles. The number of Topliss-reactive ketones (excluding diaryl/α,β-unsaturated/α-hetero) is 1. The summed E-state index contributed by atoms with van der Waals surface area (Å²) in [5.41, 5.74) is 1.95. The van der Waals surface area contributed by atoms with Gasteiger partial charge in [0.25, 0.3) is 0 Å². The molecule has 1 heteroatoms. The molecule has 4 atom stereocenters. The fourth-order valence-corrected chi connectivity index (χ4v) is 5.33. The summed E-state index contributed by atoms with van der Waals surface area (Å²) in [7, 11) is 0. The van der Waals surface area contributed by atoms with Crippen molar-refractivity contribution in [1.29, 1.82) is 0 Å². The predicted molar refractivity (Wildman–Crippen MR) is 93.4 cm³/mol. The van der Waals surface area contributed by atoms with Crippen LogP contribution in [0.5, 0.6) is 0 Å². The molecule has 0 aromatic heterocycles. The second-order valence-corrected chi connectivity index (χ2v) is 7.28. The minimum atomic E-state index is 0.137. The van der Waals surface area contributed by atoms with E-state index in [-0.39, 0.29) is 16.7 Å². The van der Waals surface area contributed by atoms with E-state index in [0.29, 0.717) is 11.7 Å². The first kappa shape index (κ1) is 17.3. The van der Waals surface area contributed by atoms with Gasteiger partial charge in [-0.15, -0.1) is 5.92 Å². The Kier molecular flexibility index (Phi) is 5.21. The van der Waals surface area contributed by atoms with Gasteiger partial charge in [-0.25, -0.2) is 0 Å². The summed E-state index contributed by atoms with van der Waals surface area (Å²) >= 11 is 0. The summed E-state index contributed by atoms with van der Waals surface area (Å²) in [6.45, 7) is 10.6. The molecule has 3 rings (SSSR count). The number of carbonyl (C=O) groups excluding carboxylic acids is 1. The molecule has 0 aliphatic heterocycles. The van der Waals surface area contributed by atoms with Crippen molar-refractivity contribution in [3.8, 4) is 11.8 Å². The summed E-state index contributed by atoms with van der Waals surface area (Å²) in [6.07, 6.45) is 10.3. The molecule has 122 valence electrons. The second-order valence-electron chi connectivity index (χ2n) is 7.28. The molecule has 0 spiro atoms. The average molecular weight is 300 g/mol. The highest BCUT2D eigenvalue weighted by Gasteiger charge is 2.55. The van der Waals surface area contributed by atoms with E-state index in [4.69, 9.17) is 0 Å². The lowest BCUT2D eigenvalue weighted by Gasteiger charge is -2.56. The zero-order chi connectivity index (χ0) is 16.4. The Labute approximate surface area is 136 Å². The highest BCUT2D eigenvalue weighted by molar-refractivity contribution is 5.82. The lowest BCUT2D eigenvalue weighted by atomic mass is 9.47. The van der Waals surface area contributed by atoms with Crippen LogP contribution in [0.3, 0.4) is 0 Å². The average Bonchev–Trinajstić information content (AvgIpc) is 2.54. The van der Waals surface area contributed by atoms with E-state index in [9.17, 15) is 4.79 Å². The van der Waals surface area contributed by atoms with Gasteiger partial charge in [-0.3, -0.25) is 4.79 Å². The van der Waals surface area contributed by atoms with E-state index in [1.807, 2.05) is 20.8 Å². The van der Waals surface area contributed by atoms with Crippen LogP contribution < -0.4 is 0 Å². The molecule has 0 bridgehead atoms. The maximum absolute atomic E-state index is 12.1. The maximum atomic E-state index is 12.1. The number of hydrogen-bond donors (Lipinski definition) is 0. The molecule has 3 aliphatic rings. The molecule has 22 heavy (non-hydrogen) atoms. The Morgan fingerprint density at radius 2 is 1.95 bits per heavy atom. The van der Waals surface area contributed by atoms with Crippen molar-refractivity contribution in [3.05, 3.63) is 11.6 Å². The SMILES string of the molecule is CC.CC#CC12CCCC=C1C1(C)CCC(=O)C(C)C1CC2. The Morgan fingerprint density at radius 1 is 1.23 bits per heavy atom. The number of allylic oxidation sites excluding steroid dienone is 2. The predicted octanol–water partition coefficient (Wildman–Crippen LogP) is 5.55. The zero-order valence-corrected chi connectivity index (χ0v) is 15.1. The van der Waals surface area contributed by atoms with Gasteiger partial charge in [-0.2, -0.15) is 0 Å². The van der Waals surface area contributed by atoms with Crippen molar-refractivity contribution in [2.24, 2.45) is 22.7 Å². The molecular weight excluding hydrogens is 268 g/mol. The third-order valence-electron chi connectivity index (χ3n) is 6.35. The number of rotatable bonds is 0. The smallest absolute Gasteiger partial charge is 0.136 e. The molecule has 2 fully saturated rings. The maximum Gasteiger partial charge on any atom is 0.136 e. The van der Waals surface area contributed by atoms with Crippen molar-refractivity contribution in [2.45, 2.75) is 79.6 Å². The van der Waals surface area contributed by atoms with Crippen LogP contribution >= 0.6 is 0 Å². The largest absolute Gasteiger partial charge is 0.299 e. The summed E-state index contributed by atoms with van der Waals surface area (Å²) < 4.78 is 0. The first-order valence-electron chi connectivity index (χ1n) is 9.21. The minimum Gasteiger partial charge on any atom is -0.299 e. The van der Waals surface area contributed by atoms with Crippen LogP contribution in [0.4, 0.5) is 0 Å². The first-order chi connectivity index (χ1) is 10.5. The van der Waals surface area contributed by atoms with Crippen molar-refractivity contribution in [2.75, 3.05) is 0 Å². The first-order valence-corrected chi connectivity index (χ1v) is 9.21. The molecule has 0 aromatic carbocycles. The van der Waals surface area contributed by atoms with E-state index in [2.05, 4.69) is 31.8 Å². The molecule has 1 nitrogen and oxygen atoms in total. The van der Waals surface area contributed by atoms with Crippen LogP contribution in [0.2, 0.25) is 0 Å². The van der Waals surface area contributed by atoms with E-state index in [1.54, 1.807) is 5.57 Å². The lowest BCUT2D eigenvalue weighted by molar-refractivity contribution is -0.131. The molecule has 0 amide bonds. The topological polar surface area (TPSA) is 17.1 Å². The van der Waals surface area contributed by atoms with Crippen molar-refractivity contribution in [3.63, 3.8) is 0 Å². The van der Waals surface area contributed by atoms with Crippen LogP contribution in [-0.4, -0.2) is 5.78 Å². The van der Waals surface area contributed by atoms with Gasteiger partial charge in [-0.05, 0) is 62.4 Å². The van der Waals surface area contributed by atoms with Crippen LogP contribution in [0, 0.1) is 34.5 Å². The number of hydrogen-bond acceptors (Lipinski definition) is 1.